The molecule has 1 aromatic rings. The predicted octanol–water partition coefficient (Wildman–Crippen LogP) is 2.19. The van der Waals surface area contributed by atoms with E-state index in [2.05, 4.69) is 5.32 Å². The molecule has 7 nitrogen and oxygen atoms in total. The molecule has 2 atom stereocenters. The van der Waals surface area contributed by atoms with Gasteiger partial charge in [0.25, 0.3) is 5.91 Å². The molecule has 0 radical (unpaired) electrons. The molecule has 1 aliphatic carbocycles. The van der Waals surface area contributed by atoms with Crippen LogP contribution in [-0.2, 0) is 14.3 Å². The topological polar surface area (TPSA) is 92.8 Å². The summed E-state index contributed by atoms with van der Waals surface area (Å²) in [6, 6.07) is 1.91. The zero-order valence-electron chi connectivity index (χ0n) is 15.3. The van der Waals surface area contributed by atoms with Gasteiger partial charge in [0.1, 0.15) is 12.1 Å². The number of Topliss-reactive ketones (excluding diaryl/α,β-unsaturated/α-hetero) is 1. The van der Waals surface area contributed by atoms with Crippen LogP contribution in [0.4, 0.5) is 13.6 Å². The third kappa shape index (κ3) is 3.61. The van der Waals surface area contributed by atoms with Crippen molar-refractivity contribution in [3.05, 3.63) is 35.4 Å². The molecule has 1 saturated heterocycles. The Balaban J connectivity index is 1.58. The first-order valence-corrected chi connectivity index (χ1v) is 9.02. The molecule has 2 aliphatic rings. The second kappa shape index (κ2) is 7.65. The number of hydrogen-bond donors (Lipinski definition) is 1. The number of halogens is 2. The normalized spacial score (nSPS) is 24.4. The highest BCUT2D eigenvalue weighted by molar-refractivity contribution is 6.09. The molecule has 0 aromatic heterocycles. The highest BCUT2D eigenvalue weighted by atomic mass is 19.2. The molecule has 1 aromatic carbocycles. The Morgan fingerprint density at radius 2 is 2.00 bits per heavy atom. The molecule has 150 valence electrons. The van der Waals surface area contributed by atoms with Gasteiger partial charge >= 0.3 is 12.0 Å². The molecule has 1 aliphatic heterocycles. The van der Waals surface area contributed by atoms with E-state index in [4.69, 9.17) is 4.74 Å². The smallest absolute Gasteiger partial charge is 0.326 e. The monoisotopic (exact) mass is 394 g/mol. The van der Waals surface area contributed by atoms with E-state index in [1.807, 2.05) is 6.92 Å². The number of ketones is 1. The van der Waals surface area contributed by atoms with Crippen LogP contribution in [-0.4, -0.2) is 47.3 Å². The summed E-state index contributed by atoms with van der Waals surface area (Å²) < 4.78 is 30.9. The van der Waals surface area contributed by atoms with Crippen molar-refractivity contribution in [1.29, 1.82) is 0 Å². The number of benzene rings is 1. The summed E-state index contributed by atoms with van der Waals surface area (Å²) in [5.41, 5.74) is -1.14. The van der Waals surface area contributed by atoms with Crippen molar-refractivity contribution < 1.29 is 32.7 Å². The summed E-state index contributed by atoms with van der Waals surface area (Å²) in [5, 5.41) is 2.71. The van der Waals surface area contributed by atoms with Crippen LogP contribution < -0.4 is 5.32 Å². The molecule has 3 rings (SSSR count). The lowest BCUT2D eigenvalue weighted by molar-refractivity contribution is -0.147. The van der Waals surface area contributed by atoms with Crippen LogP contribution in [0.2, 0.25) is 0 Å². The summed E-state index contributed by atoms with van der Waals surface area (Å²) in [6.07, 6.45) is 3.09. The fourth-order valence-corrected chi connectivity index (χ4v) is 3.71. The van der Waals surface area contributed by atoms with Crippen molar-refractivity contribution in [3.63, 3.8) is 0 Å². The highest BCUT2D eigenvalue weighted by Crippen LogP contribution is 2.38. The van der Waals surface area contributed by atoms with E-state index in [9.17, 15) is 28.0 Å². The van der Waals surface area contributed by atoms with Crippen LogP contribution in [0.1, 0.15) is 43.0 Å². The number of imide groups is 1. The van der Waals surface area contributed by atoms with Crippen LogP contribution in [0.3, 0.4) is 0 Å². The number of amides is 3. The van der Waals surface area contributed by atoms with Gasteiger partial charge in [-0.3, -0.25) is 19.3 Å². The van der Waals surface area contributed by atoms with E-state index in [0.717, 1.165) is 36.3 Å². The third-order valence-electron chi connectivity index (χ3n) is 5.39. The van der Waals surface area contributed by atoms with Gasteiger partial charge in [-0.15, -0.1) is 0 Å². The predicted molar refractivity (Wildman–Crippen MR) is 92.3 cm³/mol. The van der Waals surface area contributed by atoms with Crippen LogP contribution >= 0.6 is 0 Å². The average Bonchev–Trinajstić information content (AvgIpc) is 2.89. The van der Waals surface area contributed by atoms with Crippen molar-refractivity contribution in [3.8, 4) is 0 Å². The summed E-state index contributed by atoms with van der Waals surface area (Å²) >= 11 is 0. The second-order valence-corrected chi connectivity index (χ2v) is 7.15. The molecule has 3 amide bonds. The first-order valence-electron chi connectivity index (χ1n) is 9.02. The van der Waals surface area contributed by atoms with Gasteiger partial charge in [-0.25, -0.2) is 13.6 Å². The van der Waals surface area contributed by atoms with Crippen molar-refractivity contribution in [2.75, 3.05) is 13.2 Å². The minimum atomic E-state index is -1.19. The van der Waals surface area contributed by atoms with Crippen molar-refractivity contribution in [2.45, 2.75) is 38.1 Å². The van der Waals surface area contributed by atoms with Crippen molar-refractivity contribution >= 4 is 23.7 Å². The summed E-state index contributed by atoms with van der Waals surface area (Å²) in [5.74, 6) is -4.48. The van der Waals surface area contributed by atoms with Crippen LogP contribution in [0.25, 0.3) is 0 Å². The molecule has 28 heavy (non-hydrogen) atoms. The number of hydrogen-bond acceptors (Lipinski definition) is 5. The Morgan fingerprint density at radius 1 is 1.25 bits per heavy atom. The molecule has 9 heteroatoms. The fraction of sp³-hybridized carbons (Fsp3) is 0.474. The maximum Gasteiger partial charge on any atom is 0.326 e. The van der Waals surface area contributed by atoms with Gasteiger partial charge in [0, 0.05) is 5.56 Å². The standard InChI is InChI=1S/C19H20F2N2O5/c1-11-4-2-3-7-19(11)17(26)23(18(27)22-19)9-16(25)28-10-15(24)12-5-6-13(20)14(21)8-12/h5-6,8,11H,2-4,7,9-10H2,1H3,(H,22,27)/t11-,19+/m0/s1. The van der Waals surface area contributed by atoms with Gasteiger partial charge in [-0.1, -0.05) is 19.8 Å². The maximum absolute atomic E-state index is 13.2. The van der Waals surface area contributed by atoms with E-state index in [1.165, 1.54) is 0 Å². The van der Waals surface area contributed by atoms with E-state index in [-0.39, 0.29) is 11.5 Å². The summed E-state index contributed by atoms with van der Waals surface area (Å²) in [6.45, 7) is 0.555. The first-order chi connectivity index (χ1) is 13.2. The molecule has 2 fully saturated rings. The summed E-state index contributed by atoms with van der Waals surface area (Å²) in [4.78, 5) is 49.7. The van der Waals surface area contributed by atoms with Crippen LogP contribution in [0, 0.1) is 17.6 Å². The minimum Gasteiger partial charge on any atom is -0.456 e. The average molecular weight is 394 g/mol. The number of nitrogens with one attached hydrogen (secondary N) is 1. The largest absolute Gasteiger partial charge is 0.456 e. The van der Waals surface area contributed by atoms with Gasteiger partial charge in [0.05, 0.1) is 0 Å². The lowest BCUT2D eigenvalue weighted by Gasteiger charge is -2.36. The Hall–Kier alpha value is -2.84. The molecule has 1 spiro atoms. The molecule has 0 bridgehead atoms. The molecule has 1 saturated carbocycles. The van der Waals surface area contributed by atoms with E-state index in [1.54, 1.807) is 0 Å². The molecular weight excluding hydrogens is 374 g/mol. The van der Waals surface area contributed by atoms with Gasteiger partial charge < -0.3 is 10.1 Å². The van der Waals surface area contributed by atoms with Gasteiger partial charge in [-0.2, -0.15) is 0 Å². The number of urea groups is 1. The third-order valence-corrected chi connectivity index (χ3v) is 5.39. The van der Waals surface area contributed by atoms with Gasteiger partial charge in [0.15, 0.2) is 24.0 Å². The van der Waals surface area contributed by atoms with Crippen LogP contribution in [0.5, 0.6) is 0 Å². The molecule has 1 N–H and O–H groups in total. The quantitative estimate of drug-likeness (QED) is 0.470. The van der Waals surface area contributed by atoms with E-state index >= 15 is 0 Å². The maximum atomic E-state index is 13.2. The highest BCUT2D eigenvalue weighted by Gasteiger charge is 2.55. The van der Waals surface area contributed by atoms with Crippen LogP contribution in [0.15, 0.2) is 18.2 Å². The minimum absolute atomic E-state index is 0.0475. The lowest BCUT2D eigenvalue weighted by Crippen LogP contribution is -2.54. The Bertz CT molecular complexity index is 844. The van der Waals surface area contributed by atoms with Gasteiger partial charge in [-0.05, 0) is 37.0 Å². The number of carbonyl (C=O) groups excluding carboxylic acids is 4. The zero-order chi connectivity index (χ0) is 20.5. The first kappa shape index (κ1) is 19.9. The Labute approximate surface area is 160 Å². The summed E-state index contributed by atoms with van der Waals surface area (Å²) in [7, 11) is 0. The fourth-order valence-electron chi connectivity index (χ4n) is 3.71. The van der Waals surface area contributed by atoms with E-state index < -0.39 is 54.0 Å². The molecule has 1 heterocycles. The Kier molecular flexibility index (Phi) is 5.44. The van der Waals surface area contributed by atoms with Gasteiger partial charge in [0.2, 0.25) is 0 Å². The number of esters is 1. The SMILES string of the molecule is C[C@H]1CCCC[C@@]12NC(=O)N(CC(=O)OCC(=O)c1ccc(F)c(F)c1)C2=O. The molecular formula is C19H20F2N2O5. The number of ether oxygens (including phenoxy) is 1. The van der Waals surface area contributed by atoms with E-state index in [0.29, 0.717) is 12.5 Å². The van der Waals surface area contributed by atoms with Crippen molar-refractivity contribution in [1.82, 2.24) is 10.2 Å². The lowest BCUT2D eigenvalue weighted by atomic mass is 9.73. The number of carbonyl (C=O) groups is 4. The number of rotatable bonds is 5. The number of nitrogens with zero attached hydrogens (tertiary/aromatic N) is 1. The zero-order valence-corrected chi connectivity index (χ0v) is 15.3. The second-order valence-electron chi connectivity index (χ2n) is 7.15. The van der Waals surface area contributed by atoms with Crippen molar-refractivity contribution in [2.24, 2.45) is 5.92 Å². The Morgan fingerprint density at radius 3 is 2.68 bits per heavy atom. The molecule has 0 unspecified atom stereocenters.